The van der Waals surface area contributed by atoms with Gasteiger partial charge < -0.3 is 10.5 Å². The van der Waals surface area contributed by atoms with Crippen LogP contribution in [0.3, 0.4) is 0 Å². The minimum absolute atomic E-state index is 0.280. The van der Waals surface area contributed by atoms with Crippen LogP contribution in [0.1, 0.15) is 11.1 Å². The van der Waals surface area contributed by atoms with Crippen molar-refractivity contribution in [2.24, 2.45) is 5.73 Å². The van der Waals surface area contributed by atoms with Crippen molar-refractivity contribution in [3.05, 3.63) is 64.4 Å². The zero-order valence-electron chi connectivity index (χ0n) is 10.9. The van der Waals surface area contributed by atoms with Gasteiger partial charge in [-0.25, -0.2) is 4.39 Å². The Labute approximate surface area is 122 Å². The molecule has 2 aromatic carbocycles. The van der Waals surface area contributed by atoms with E-state index in [0.717, 1.165) is 11.3 Å². The smallest absolute Gasteiger partial charge is 0.126 e. The van der Waals surface area contributed by atoms with Crippen molar-refractivity contribution in [3.8, 4) is 5.75 Å². The minimum Gasteiger partial charge on any atom is -0.491 e. The van der Waals surface area contributed by atoms with Crippen LogP contribution in [0.5, 0.6) is 5.75 Å². The molecule has 20 heavy (non-hydrogen) atoms. The highest BCUT2D eigenvalue weighted by Gasteiger charge is 2.32. The van der Waals surface area contributed by atoms with Crippen LogP contribution in [0.25, 0.3) is 0 Å². The Hall–Kier alpha value is -1.58. The van der Waals surface area contributed by atoms with E-state index in [4.69, 9.17) is 22.1 Å². The third-order valence-electron chi connectivity index (χ3n) is 3.58. The molecular formula is C16H15ClFNO. The molecule has 1 aliphatic heterocycles. The summed E-state index contributed by atoms with van der Waals surface area (Å²) < 4.78 is 19.5. The van der Waals surface area contributed by atoms with Crippen molar-refractivity contribution in [3.63, 3.8) is 0 Å². The standard InChI is InChI=1S/C16H15ClFNO/c17-13-5-6-14(18)12(7-13)9-16(19)8-11-3-1-2-4-15(11)20-10-16/h1-7H,8-10,19H2. The summed E-state index contributed by atoms with van der Waals surface area (Å²) in [6.45, 7) is 0.371. The van der Waals surface area contributed by atoms with Gasteiger partial charge in [-0.05, 0) is 48.2 Å². The first-order valence-corrected chi connectivity index (χ1v) is 6.87. The molecule has 3 rings (SSSR count). The average molecular weight is 292 g/mol. The first-order valence-electron chi connectivity index (χ1n) is 6.49. The fourth-order valence-corrected chi connectivity index (χ4v) is 2.81. The molecule has 1 heterocycles. The summed E-state index contributed by atoms with van der Waals surface area (Å²) in [6, 6.07) is 12.3. The number of ether oxygens (including phenoxy) is 1. The zero-order valence-corrected chi connectivity index (χ0v) is 11.7. The van der Waals surface area contributed by atoms with E-state index in [2.05, 4.69) is 0 Å². The van der Waals surface area contributed by atoms with Gasteiger partial charge in [0.25, 0.3) is 0 Å². The van der Waals surface area contributed by atoms with Crippen LogP contribution in [-0.4, -0.2) is 12.1 Å². The van der Waals surface area contributed by atoms with Crippen LogP contribution < -0.4 is 10.5 Å². The first-order chi connectivity index (χ1) is 9.56. The highest BCUT2D eigenvalue weighted by Crippen LogP contribution is 2.30. The molecule has 1 unspecified atom stereocenters. The lowest BCUT2D eigenvalue weighted by molar-refractivity contribution is 0.189. The van der Waals surface area contributed by atoms with Crippen molar-refractivity contribution in [1.82, 2.24) is 0 Å². The molecule has 0 fully saturated rings. The van der Waals surface area contributed by atoms with Gasteiger partial charge in [0.05, 0.1) is 5.54 Å². The third kappa shape index (κ3) is 2.65. The summed E-state index contributed by atoms with van der Waals surface area (Å²) >= 11 is 5.92. The Morgan fingerprint density at radius 2 is 2.05 bits per heavy atom. The summed E-state index contributed by atoms with van der Waals surface area (Å²) in [5.74, 6) is 0.582. The van der Waals surface area contributed by atoms with Crippen molar-refractivity contribution < 1.29 is 9.13 Å². The second kappa shape index (κ2) is 5.08. The van der Waals surface area contributed by atoms with E-state index in [1.54, 1.807) is 6.07 Å². The highest BCUT2D eigenvalue weighted by molar-refractivity contribution is 6.30. The summed E-state index contributed by atoms with van der Waals surface area (Å²) in [7, 11) is 0. The Morgan fingerprint density at radius 1 is 1.25 bits per heavy atom. The maximum Gasteiger partial charge on any atom is 0.126 e. The Bertz CT molecular complexity index is 646. The Morgan fingerprint density at radius 3 is 2.90 bits per heavy atom. The van der Waals surface area contributed by atoms with Crippen LogP contribution in [-0.2, 0) is 12.8 Å². The van der Waals surface area contributed by atoms with E-state index < -0.39 is 5.54 Å². The average Bonchev–Trinajstić information content (AvgIpc) is 2.42. The lowest BCUT2D eigenvalue weighted by Crippen LogP contribution is -2.51. The van der Waals surface area contributed by atoms with E-state index in [1.165, 1.54) is 12.1 Å². The molecule has 0 saturated carbocycles. The van der Waals surface area contributed by atoms with E-state index in [-0.39, 0.29) is 5.82 Å². The lowest BCUT2D eigenvalue weighted by atomic mass is 9.84. The number of nitrogens with two attached hydrogens (primary N) is 1. The topological polar surface area (TPSA) is 35.2 Å². The molecule has 0 radical (unpaired) electrons. The van der Waals surface area contributed by atoms with Crippen molar-refractivity contribution in [1.29, 1.82) is 0 Å². The van der Waals surface area contributed by atoms with E-state index in [1.807, 2.05) is 24.3 Å². The van der Waals surface area contributed by atoms with Gasteiger partial charge in [-0.15, -0.1) is 0 Å². The zero-order chi connectivity index (χ0) is 14.2. The van der Waals surface area contributed by atoms with Crippen LogP contribution >= 0.6 is 11.6 Å². The number of fused-ring (bicyclic) bond motifs is 1. The van der Waals surface area contributed by atoms with Crippen LogP contribution in [0.15, 0.2) is 42.5 Å². The molecule has 0 aliphatic carbocycles. The van der Waals surface area contributed by atoms with Gasteiger partial charge in [0.2, 0.25) is 0 Å². The number of para-hydroxylation sites is 1. The van der Waals surface area contributed by atoms with Gasteiger partial charge >= 0.3 is 0 Å². The fraction of sp³-hybridized carbons (Fsp3) is 0.250. The van der Waals surface area contributed by atoms with Crippen molar-refractivity contribution >= 4 is 11.6 Å². The van der Waals surface area contributed by atoms with Gasteiger partial charge in [-0.1, -0.05) is 29.8 Å². The largest absolute Gasteiger partial charge is 0.491 e. The van der Waals surface area contributed by atoms with Crippen LogP contribution in [0.4, 0.5) is 4.39 Å². The second-order valence-corrected chi connectivity index (χ2v) is 5.78. The number of hydrogen-bond donors (Lipinski definition) is 1. The number of rotatable bonds is 2. The van der Waals surface area contributed by atoms with Crippen LogP contribution in [0.2, 0.25) is 5.02 Å². The van der Waals surface area contributed by atoms with Crippen LogP contribution in [0, 0.1) is 5.82 Å². The number of benzene rings is 2. The molecule has 0 saturated heterocycles. The molecule has 2 nitrogen and oxygen atoms in total. The normalized spacial score (nSPS) is 21.1. The summed E-state index contributed by atoms with van der Waals surface area (Å²) in [6.07, 6.45) is 1.06. The lowest BCUT2D eigenvalue weighted by Gasteiger charge is -2.35. The number of halogens is 2. The van der Waals surface area contributed by atoms with Crippen molar-refractivity contribution in [2.75, 3.05) is 6.61 Å². The molecule has 2 N–H and O–H groups in total. The van der Waals surface area contributed by atoms with E-state index in [9.17, 15) is 4.39 Å². The summed E-state index contributed by atoms with van der Waals surface area (Å²) in [5.41, 5.74) is 7.37. The monoisotopic (exact) mass is 291 g/mol. The quantitative estimate of drug-likeness (QED) is 0.921. The molecule has 4 heteroatoms. The SMILES string of the molecule is NC1(Cc2cc(Cl)ccc2F)COc2ccccc2C1. The summed E-state index contributed by atoms with van der Waals surface area (Å²) in [4.78, 5) is 0. The first kappa shape index (κ1) is 13.4. The van der Waals surface area contributed by atoms with Gasteiger partial charge in [0, 0.05) is 5.02 Å². The van der Waals surface area contributed by atoms with Crippen molar-refractivity contribution in [2.45, 2.75) is 18.4 Å². The van der Waals surface area contributed by atoms with Gasteiger partial charge in [-0.3, -0.25) is 0 Å². The van der Waals surface area contributed by atoms with Gasteiger partial charge in [0.15, 0.2) is 0 Å². The summed E-state index contributed by atoms with van der Waals surface area (Å²) in [5, 5.41) is 0.516. The van der Waals surface area contributed by atoms with Gasteiger partial charge in [-0.2, -0.15) is 0 Å². The molecule has 0 amide bonds. The number of hydrogen-bond acceptors (Lipinski definition) is 2. The second-order valence-electron chi connectivity index (χ2n) is 5.35. The molecular weight excluding hydrogens is 277 g/mol. The Kier molecular flexibility index (Phi) is 3.40. The molecule has 0 aromatic heterocycles. The molecule has 0 spiro atoms. The highest BCUT2D eigenvalue weighted by atomic mass is 35.5. The predicted molar refractivity (Wildman–Crippen MR) is 77.7 cm³/mol. The molecule has 2 aromatic rings. The van der Waals surface area contributed by atoms with Gasteiger partial charge in [0.1, 0.15) is 18.2 Å². The molecule has 104 valence electrons. The minimum atomic E-state index is -0.611. The molecule has 0 bridgehead atoms. The molecule has 1 aliphatic rings. The van der Waals surface area contributed by atoms with E-state index in [0.29, 0.717) is 30.0 Å². The Balaban J connectivity index is 1.86. The van der Waals surface area contributed by atoms with E-state index >= 15 is 0 Å². The maximum atomic E-state index is 13.8. The predicted octanol–water partition coefficient (Wildman–Crippen LogP) is 3.35. The third-order valence-corrected chi connectivity index (χ3v) is 3.82. The fourth-order valence-electron chi connectivity index (χ4n) is 2.61. The maximum absolute atomic E-state index is 13.8. The molecule has 1 atom stereocenters.